The molecule has 1 heterocycles. The molecule has 2 rings (SSSR count). The van der Waals surface area contributed by atoms with Gasteiger partial charge < -0.3 is 15.0 Å². The van der Waals surface area contributed by atoms with Crippen LogP contribution in [0.5, 0.6) is 5.75 Å². The molecule has 1 aliphatic heterocycles. The third-order valence-electron chi connectivity index (χ3n) is 4.19. The zero-order valence-electron chi connectivity index (χ0n) is 12.9. The average molecular weight is 276 g/mol. The van der Waals surface area contributed by atoms with Gasteiger partial charge in [-0.3, -0.25) is 0 Å². The van der Waals surface area contributed by atoms with Crippen molar-refractivity contribution in [3.63, 3.8) is 0 Å². The molecule has 0 radical (unpaired) electrons. The van der Waals surface area contributed by atoms with Gasteiger partial charge in [0.05, 0.1) is 7.11 Å². The Morgan fingerprint density at radius 1 is 1.15 bits per heavy atom. The zero-order chi connectivity index (χ0) is 14.2. The summed E-state index contributed by atoms with van der Waals surface area (Å²) in [7, 11) is 1.71. The average Bonchev–Trinajstić information content (AvgIpc) is 2.53. The van der Waals surface area contributed by atoms with E-state index in [0.29, 0.717) is 6.04 Å². The number of benzene rings is 1. The predicted molar refractivity (Wildman–Crippen MR) is 84.3 cm³/mol. The van der Waals surface area contributed by atoms with E-state index >= 15 is 0 Å². The van der Waals surface area contributed by atoms with Gasteiger partial charge >= 0.3 is 0 Å². The van der Waals surface area contributed by atoms with Crippen LogP contribution in [0.4, 0.5) is 0 Å². The van der Waals surface area contributed by atoms with Gasteiger partial charge in [0.2, 0.25) is 0 Å². The standard InChI is InChI=1S/C17H28N2O/c1-3-17(15-7-9-16(20-2)10-8-15)18-11-14-19-12-5-4-6-13-19/h7-10,17-18H,3-6,11-14H2,1-2H3. The second-order valence-electron chi connectivity index (χ2n) is 5.59. The first-order chi connectivity index (χ1) is 9.83. The molecular formula is C17H28N2O. The van der Waals surface area contributed by atoms with Gasteiger partial charge in [-0.25, -0.2) is 0 Å². The van der Waals surface area contributed by atoms with E-state index in [0.717, 1.165) is 18.7 Å². The normalized spacial score (nSPS) is 17.9. The number of piperidine rings is 1. The van der Waals surface area contributed by atoms with E-state index in [4.69, 9.17) is 4.74 Å². The monoisotopic (exact) mass is 276 g/mol. The Bertz CT molecular complexity index is 371. The fourth-order valence-corrected chi connectivity index (χ4v) is 2.91. The number of nitrogens with one attached hydrogen (secondary N) is 1. The van der Waals surface area contributed by atoms with Crippen LogP contribution < -0.4 is 10.1 Å². The molecule has 1 atom stereocenters. The van der Waals surface area contributed by atoms with E-state index in [-0.39, 0.29) is 0 Å². The molecule has 3 nitrogen and oxygen atoms in total. The van der Waals surface area contributed by atoms with Crippen LogP contribution in [0.3, 0.4) is 0 Å². The molecule has 1 aromatic carbocycles. The van der Waals surface area contributed by atoms with Gasteiger partial charge in [-0.05, 0) is 50.0 Å². The minimum absolute atomic E-state index is 0.450. The van der Waals surface area contributed by atoms with Gasteiger partial charge in [0.1, 0.15) is 5.75 Å². The van der Waals surface area contributed by atoms with Crippen molar-refractivity contribution in [2.75, 3.05) is 33.3 Å². The van der Waals surface area contributed by atoms with Crippen LogP contribution in [0.25, 0.3) is 0 Å². The Morgan fingerprint density at radius 2 is 1.85 bits per heavy atom. The Hall–Kier alpha value is -1.06. The van der Waals surface area contributed by atoms with Gasteiger partial charge in [0.25, 0.3) is 0 Å². The smallest absolute Gasteiger partial charge is 0.118 e. The van der Waals surface area contributed by atoms with Crippen molar-refractivity contribution < 1.29 is 4.74 Å². The zero-order valence-corrected chi connectivity index (χ0v) is 12.9. The van der Waals surface area contributed by atoms with Crippen molar-refractivity contribution >= 4 is 0 Å². The molecule has 1 aliphatic rings. The van der Waals surface area contributed by atoms with Crippen molar-refractivity contribution in [2.45, 2.75) is 38.6 Å². The molecule has 1 aromatic rings. The minimum atomic E-state index is 0.450. The summed E-state index contributed by atoms with van der Waals surface area (Å²) >= 11 is 0. The Labute approximate surface area is 123 Å². The van der Waals surface area contributed by atoms with Crippen LogP contribution >= 0.6 is 0 Å². The molecule has 1 saturated heterocycles. The Balaban J connectivity index is 1.78. The maximum absolute atomic E-state index is 5.22. The number of methoxy groups -OCH3 is 1. The SMILES string of the molecule is CCC(NCCN1CCCCC1)c1ccc(OC)cc1. The minimum Gasteiger partial charge on any atom is -0.497 e. The fourth-order valence-electron chi connectivity index (χ4n) is 2.91. The van der Waals surface area contributed by atoms with E-state index in [1.165, 1.54) is 44.5 Å². The van der Waals surface area contributed by atoms with E-state index in [9.17, 15) is 0 Å². The fraction of sp³-hybridized carbons (Fsp3) is 0.647. The summed E-state index contributed by atoms with van der Waals surface area (Å²) in [5.41, 5.74) is 1.35. The molecule has 0 amide bonds. The second-order valence-corrected chi connectivity index (χ2v) is 5.59. The predicted octanol–water partition coefficient (Wildman–Crippen LogP) is 3.22. The molecule has 1 unspecified atom stereocenters. The number of ether oxygens (including phenoxy) is 1. The summed E-state index contributed by atoms with van der Waals surface area (Å²) in [4.78, 5) is 2.58. The summed E-state index contributed by atoms with van der Waals surface area (Å²) in [6, 6.07) is 8.88. The van der Waals surface area contributed by atoms with Crippen LogP contribution in [0, 0.1) is 0 Å². The summed E-state index contributed by atoms with van der Waals surface area (Å²) in [5, 5.41) is 3.69. The van der Waals surface area contributed by atoms with Gasteiger partial charge in [0.15, 0.2) is 0 Å². The van der Waals surface area contributed by atoms with Gasteiger partial charge in [-0.1, -0.05) is 25.5 Å². The van der Waals surface area contributed by atoms with Gasteiger partial charge in [-0.15, -0.1) is 0 Å². The third-order valence-corrected chi connectivity index (χ3v) is 4.19. The topological polar surface area (TPSA) is 24.5 Å². The summed E-state index contributed by atoms with van der Waals surface area (Å²) < 4.78 is 5.22. The van der Waals surface area contributed by atoms with E-state index in [2.05, 4.69) is 29.3 Å². The van der Waals surface area contributed by atoms with Gasteiger partial charge in [-0.2, -0.15) is 0 Å². The Kier molecular flexibility index (Phi) is 6.34. The van der Waals surface area contributed by atoms with Crippen LogP contribution in [-0.2, 0) is 0 Å². The summed E-state index contributed by atoms with van der Waals surface area (Å²) in [5.74, 6) is 0.928. The van der Waals surface area contributed by atoms with Crippen molar-refractivity contribution in [1.29, 1.82) is 0 Å². The Morgan fingerprint density at radius 3 is 2.45 bits per heavy atom. The lowest BCUT2D eigenvalue weighted by Crippen LogP contribution is -2.36. The van der Waals surface area contributed by atoms with Crippen molar-refractivity contribution in [2.24, 2.45) is 0 Å². The highest BCUT2D eigenvalue weighted by Gasteiger charge is 2.12. The van der Waals surface area contributed by atoms with Crippen LogP contribution in [0.1, 0.15) is 44.2 Å². The van der Waals surface area contributed by atoms with Crippen LogP contribution in [0.2, 0.25) is 0 Å². The highest BCUT2D eigenvalue weighted by molar-refractivity contribution is 5.29. The molecule has 0 bridgehead atoms. The number of likely N-dealkylation sites (tertiary alicyclic amines) is 1. The lowest BCUT2D eigenvalue weighted by atomic mass is 10.0. The summed E-state index contributed by atoms with van der Waals surface area (Å²) in [6.45, 7) is 7.04. The number of rotatable bonds is 7. The van der Waals surface area contributed by atoms with Crippen molar-refractivity contribution in [1.82, 2.24) is 10.2 Å². The number of hydrogen-bond donors (Lipinski definition) is 1. The first-order valence-corrected chi connectivity index (χ1v) is 7.93. The molecule has 0 aromatic heterocycles. The molecule has 20 heavy (non-hydrogen) atoms. The highest BCUT2D eigenvalue weighted by atomic mass is 16.5. The lowest BCUT2D eigenvalue weighted by molar-refractivity contribution is 0.226. The molecular weight excluding hydrogens is 248 g/mol. The lowest BCUT2D eigenvalue weighted by Gasteiger charge is -2.27. The molecule has 0 aliphatic carbocycles. The maximum Gasteiger partial charge on any atom is 0.118 e. The van der Waals surface area contributed by atoms with E-state index in [1.54, 1.807) is 7.11 Å². The maximum atomic E-state index is 5.22. The largest absolute Gasteiger partial charge is 0.497 e. The third kappa shape index (κ3) is 4.50. The highest BCUT2D eigenvalue weighted by Crippen LogP contribution is 2.20. The first kappa shape index (κ1) is 15.3. The second kappa shape index (κ2) is 8.28. The summed E-state index contributed by atoms with van der Waals surface area (Å²) in [6.07, 6.45) is 5.27. The van der Waals surface area contributed by atoms with Gasteiger partial charge in [0, 0.05) is 19.1 Å². The number of nitrogens with zero attached hydrogens (tertiary/aromatic N) is 1. The first-order valence-electron chi connectivity index (χ1n) is 7.93. The van der Waals surface area contributed by atoms with Crippen LogP contribution in [0.15, 0.2) is 24.3 Å². The van der Waals surface area contributed by atoms with E-state index in [1.807, 2.05) is 12.1 Å². The van der Waals surface area contributed by atoms with Crippen molar-refractivity contribution in [3.8, 4) is 5.75 Å². The van der Waals surface area contributed by atoms with Crippen LogP contribution in [-0.4, -0.2) is 38.2 Å². The molecule has 0 spiro atoms. The molecule has 1 fully saturated rings. The quantitative estimate of drug-likeness (QED) is 0.827. The number of hydrogen-bond acceptors (Lipinski definition) is 3. The molecule has 3 heteroatoms. The van der Waals surface area contributed by atoms with E-state index < -0.39 is 0 Å². The molecule has 112 valence electrons. The molecule has 1 N–H and O–H groups in total. The van der Waals surface area contributed by atoms with Crippen molar-refractivity contribution in [3.05, 3.63) is 29.8 Å². The molecule has 0 saturated carbocycles.